The van der Waals surface area contributed by atoms with Crippen LogP contribution in [-0.2, 0) is 17.6 Å². The molecule has 2 rings (SSSR count). The van der Waals surface area contributed by atoms with E-state index in [-0.39, 0.29) is 23.9 Å². The van der Waals surface area contributed by atoms with Crippen molar-refractivity contribution < 1.29 is 4.79 Å². The smallest absolute Gasteiger partial charge is 0.229 e. The van der Waals surface area contributed by atoms with Gasteiger partial charge in [-0.15, -0.1) is 0 Å². The summed E-state index contributed by atoms with van der Waals surface area (Å²) in [6.45, 7) is 8.05. The fourth-order valence-corrected chi connectivity index (χ4v) is 2.80. The predicted octanol–water partition coefficient (Wildman–Crippen LogP) is 2.51. The van der Waals surface area contributed by atoms with E-state index in [9.17, 15) is 4.79 Å². The van der Waals surface area contributed by atoms with Gasteiger partial charge in [0.15, 0.2) is 0 Å². The number of carbonyl (C=O) groups excluding carboxylic acids is 1. The molecule has 0 saturated heterocycles. The normalized spacial score (nSPS) is 19.7. The van der Waals surface area contributed by atoms with Gasteiger partial charge in [0.05, 0.1) is 0 Å². The fraction of sp³-hybridized carbons (Fsp3) is 0.562. The molecule has 2 unspecified atom stereocenters. The lowest BCUT2D eigenvalue weighted by molar-refractivity contribution is -0.121. The summed E-state index contributed by atoms with van der Waals surface area (Å²) < 4.78 is 0. The molecule has 1 amide bonds. The Hall–Kier alpha value is -1.35. The van der Waals surface area contributed by atoms with Crippen LogP contribution in [0.1, 0.15) is 38.8 Å². The van der Waals surface area contributed by atoms with E-state index in [1.54, 1.807) is 0 Å². The third kappa shape index (κ3) is 2.81. The van der Waals surface area contributed by atoms with Crippen molar-refractivity contribution in [1.29, 1.82) is 0 Å². The van der Waals surface area contributed by atoms with Gasteiger partial charge in [-0.1, -0.05) is 26.0 Å². The second-order valence-corrected chi connectivity index (χ2v) is 6.06. The number of hydrogen-bond donors (Lipinski definition) is 1. The van der Waals surface area contributed by atoms with Gasteiger partial charge in [0.25, 0.3) is 0 Å². The molecule has 1 aliphatic heterocycles. The highest BCUT2D eigenvalue weighted by atomic mass is 16.2. The van der Waals surface area contributed by atoms with Gasteiger partial charge in [0.1, 0.15) is 0 Å². The lowest BCUT2D eigenvalue weighted by Gasteiger charge is -2.24. The summed E-state index contributed by atoms with van der Waals surface area (Å²) in [4.78, 5) is 14.2. The number of amides is 1. The van der Waals surface area contributed by atoms with E-state index in [1.165, 1.54) is 11.1 Å². The lowest BCUT2D eigenvalue weighted by Crippen LogP contribution is -2.38. The first-order valence-corrected chi connectivity index (χ1v) is 7.10. The standard InChI is InChI=1S/C16H24N2O/c1-10(2)16(19)18-12(4)8-14-9-13(7-11(3)17)5-6-15(14)18/h5-6,9-12H,7-8,17H2,1-4H3. The maximum Gasteiger partial charge on any atom is 0.229 e. The van der Waals surface area contributed by atoms with E-state index >= 15 is 0 Å². The molecule has 0 bridgehead atoms. The molecule has 0 radical (unpaired) electrons. The topological polar surface area (TPSA) is 46.3 Å². The van der Waals surface area contributed by atoms with E-state index < -0.39 is 0 Å². The van der Waals surface area contributed by atoms with Crippen molar-refractivity contribution in [2.24, 2.45) is 11.7 Å². The molecule has 3 heteroatoms. The monoisotopic (exact) mass is 260 g/mol. The molecular formula is C16H24N2O. The van der Waals surface area contributed by atoms with Gasteiger partial charge in [0, 0.05) is 23.7 Å². The molecule has 19 heavy (non-hydrogen) atoms. The van der Waals surface area contributed by atoms with E-state index in [0.29, 0.717) is 0 Å². The Labute approximate surface area is 115 Å². The lowest BCUT2D eigenvalue weighted by atomic mass is 10.0. The minimum absolute atomic E-state index is 0.0390. The highest BCUT2D eigenvalue weighted by Crippen LogP contribution is 2.34. The Bertz CT molecular complexity index is 480. The van der Waals surface area contributed by atoms with Gasteiger partial charge in [-0.25, -0.2) is 0 Å². The number of benzene rings is 1. The largest absolute Gasteiger partial charge is 0.328 e. The van der Waals surface area contributed by atoms with Gasteiger partial charge in [-0.2, -0.15) is 0 Å². The van der Waals surface area contributed by atoms with Crippen LogP contribution in [0.4, 0.5) is 5.69 Å². The van der Waals surface area contributed by atoms with Gasteiger partial charge >= 0.3 is 0 Å². The van der Waals surface area contributed by atoms with Crippen LogP contribution in [-0.4, -0.2) is 18.0 Å². The number of anilines is 1. The number of rotatable bonds is 3. The molecular weight excluding hydrogens is 236 g/mol. The summed E-state index contributed by atoms with van der Waals surface area (Å²) >= 11 is 0. The summed E-state index contributed by atoms with van der Waals surface area (Å²) in [7, 11) is 0. The number of hydrogen-bond acceptors (Lipinski definition) is 2. The first kappa shape index (κ1) is 14.1. The zero-order valence-corrected chi connectivity index (χ0v) is 12.3. The molecule has 1 aliphatic rings. The summed E-state index contributed by atoms with van der Waals surface area (Å²) in [6.07, 6.45) is 1.83. The van der Waals surface area contributed by atoms with Crippen molar-refractivity contribution in [3.63, 3.8) is 0 Å². The minimum atomic E-state index is 0.0390. The molecule has 1 aromatic carbocycles. The second kappa shape index (κ2) is 5.33. The van der Waals surface area contributed by atoms with Crippen LogP contribution < -0.4 is 10.6 Å². The molecule has 1 aromatic rings. The average Bonchev–Trinajstić information content (AvgIpc) is 2.62. The summed E-state index contributed by atoms with van der Waals surface area (Å²) in [5.74, 6) is 0.253. The van der Waals surface area contributed by atoms with Crippen molar-refractivity contribution in [3.8, 4) is 0 Å². The minimum Gasteiger partial charge on any atom is -0.328 e. The fourth-order valence-electron chi connectivity index (χ4n) is 2.80. The van der Waals surface area contributed by atoms with Crippen LogP contribution in [0.5, 0.6) is 0 Å². The first-order chi connectivity index (χ1) is 8.90. The molecule has 0 fully saturated rings. The molecule has 2 atom stereocenters. The average molecular weight is 260 g/mol. The maximum atomic E-state index is 12.3. The predicted molar refractivity (Wildman–Crippen MR) is 79.3 cm³/mol. The van der Waals surface area contributed by atoms with Crippen molar-refractivity contribution >= 4 is 11.6 Å². The molecule has 104 valence electrons. The third-order valence-corrected chi connectivity index (χ3v) is 3.65. The SMILES string of the molecule is CC(N)Cc1ccc2c(c1)CC(C)N2C(=O)C(C)C. The molecule has 0 saturated carbocycles. The van der Waals surface area contributed by atoms with Crippen LogP contribution in [0.25, 0.3) is 0 Å². The highest BCUT2D eigenvalue weighted by molar-refractivity contribution is 5.97. The van der Waals surface area contributed by atoms with Crippen LogP contribution >= 0.6 is 0 Å². The first-order valence-electron chi connectivity index (χ1n) is 7.10. The van der Waals surface area contributed by atoms with Crippen LogP contribution in [0.3, 0.4) is 0 Å². The Balaban J connectivity index is 2.30. The van der Waals surface area contributed by atoms with E-state index in [2.05, 4.69) is 25.1 Å². The zero-order valence-electron chi connectivity index (χ0n) is 12.3. The summed E-state index contributed by atoms with van der Waals surface area (Å²) in [6, 6.07) is 6.82. The third-order valence-electron chi connectivity index (χ3n) is 3.65. The summed E-state index contributed by atoms with van der Waals surface area (Å²) in [5.41, 5.74) is 9.47. The van der Waals surface area contributed by atoms with Crippen molar-refractivity contribution in [2.45, 2.75) is 52.6 Å². The molecule has 2 N–H and O–H groups in total. The molecule has 1 heterocycles. The second-order valence-electron chi connectivity index (χ2n) is 6.06. The van der Waals surface area contributed by atoms with E-state index in [1.807, 2.05) is 25.7 Å². The van der Waals surface area contributed by atoms with Crippen molar-refractivity contribution in [1.82, 2.24) is 0 Å². The quantitative estimate of drug-likeness (QED) is 0.907. The number of carbonyl (C=O) groups is 1. The van der Waals surface area contributed by atoms with Crippen molar-refractivity contribution in [2.75, 3.05) is 4.90 Å². The maximum absolute atomic E-state index is 12.3. The zero-order chi connectivity index (χ0) is 14.2. The van der Waals surface area contributed by atoms with Gasteiger partial charge < -0.3 is 10.6 Å². The molecule has 0 aromatic heterocycles. The molecule has 3 nitrogen and oxygen atoms in total. The van der Waals surface area contributed by atoms with Gasteiger partial charge in [0.2, 0.25) is 5.91 Å². The summed E-state index contributed by atoms with van der Waals surface area (Å²) in [5, 5.41) is 0. The Morgan fingerprint density at radius 1 is 1.42 bits per heavy atom. The van der Waals surface area contributed by atoms with Crippen LogP contribution in [0, 0.1) is 5.92 Å². The Morgan fingerprint density at radius 3 is 2.68 bits per heavy atom. The van der Waals surface area contributed by atoms with Gasteiger partial charge in [-0.3, -0.25) is 4.79 Å². The molecule has 0 aliphatic carbocycles. The van der Waals surface area contributed by atoms with Crippen LogP contribution in [0.15, 0.2) is 18.2 Å². The van der Waals surface area contributed by atoms with E-state index in [4.69, 9.17) is 5.73 Å². The number of nitrogens with two attached hydrogens (primary N) is 1. The van der Waals surface area contributed by atoms with Crippen LogP contribution in [0.2, 0.25) is 0 Å². The van der Waals surface area contributed by atoms with E-state index in [0.717, 1.165) is 18.5 Å². The van der Waals surface area contributed by atoms with Gasteiger partial charge in [-0.05, 0) is 43.9 Å². The Morgan fingerprint density at radius 2 is 2.11 bits per heavy atom. The van der Waals surface area contributed by atoms with Crippen molar-refractivity contribution in [3.05, 3.63) is 29.3 Å². The number of nitrogens with zero attached hydrogens (tertiary/aromatic N) is 1. The highest BCUT2D eigenvalue weighted by Gasteiger charge is 2.31. The molecule has 0 spiro atoms. The Kier molecular flexibility index (Phi) is 3.95. The number of fused-ring (bicyclic) bond motifs is 1.